The van der Waals surface area contributed by atoms with Gasteiger partial charge in [-0.1, -0.05) is 121 Å². The van der Waals surface area contributed by atoms with Gasteiger partial charge in [-0.05, 0) is 52.7 Å². The van der Waals surface area contributed by atoms with E-state index in [1.807, 2.05) is 0 Å². The lowest BCUT2D eigenvalue weighted by atomic mass is 9.73. The van der Waals surface area contributed by atoms with Crippen LogP contribution in [0.3, 0.4) is 0 Å². The number of rotatable bonds is 6. The van der Waals surface area contributed by atoms with E-state index in [-0.39, 0.29) is 5.41 Å². The van der Waals surface area contributed by atoms with Gasteiger partial charge in [0.15, 0.2) is 0 Å². The molecule has 0 bridgehead atoms. The first-order valence-electron chi connectivity index (χ1n) is 10.8. The second kappa shape index (κ2) is 8.16. The number of hydrogen-bond acceptors (Lipinski definition) is 0. The fraction of sp³-hybridized carbons (Fsp3) is 0.133. The number of benzene rings is 3. The van der Waals surface area contributed by atoms with Crippen LogP contribution in [0.2, 0.25) is 0 Å². The van der Waals surface area contributed by atoms with Crippen molar-refractivity contribution in [1.82, 2.24) is 0 Å². The highest BCUT2D eigenvalue weighted by Gasteiger charge is 2.36. The van der Waals surface area contributed by atoms with Gasteiger partial charge < -0.3 is 0 Å². The molecule has 0 heteroatoms. The topological polar surface area (TPSA) is 0 Å². The molecule has 0 nitrogen and oxygen atoms in total. The molecule has 1 unspecified atom stereocenters. The zero-order valence-corrected chi connectivity index (χ0v) is 17.2. The highest BCUT2D eigenvalue weighted by atomic mass is 14.4. The predicted molar refractivity (Wildman–Crippen MR) is 127 cm³/mol. The monoisotopic (exact) mass is 386 g/mol. The Hall–Kier alpha value is -3.38. The van der Waals surface area contributed by atoms with Gasteiger partial charge in [0.05, 0.1) is 0 Å². The van der Waals surface area contributed by atoms with Crippen LogP contribution in [-0.4, -0.2) is 0 Å². The molecule has 0 radical (unpaired) electrons. The van der Waals surface area contributed by atoms with Crippen molar-refractivity contribution in [3.8, 4) is 0 Å². The van der Waals surface area contributed by atoms with Crippen LogP contribution in [0.15, 0.2) is 133 Å². The van der Waals surface area contributed by atoms with E-state index in [9.17, 15) is 0 Å². The lowest BCUT2D eigenvalue weighted by Gasteiger charge is -2.30. The third-order valence-electron chi connectivity index (χ3n) is 6.15. The van der Waals surface area contributed by atoms with Crippen molar-refractivity contribution < 1.29 is 0 Å². The standard InChI is InChI=1S/C30H26/c1-4-11-24(12-5-1)21-26-19-20-30(23-26,22-25-13-6-2-7-14-25)29-18-10-17-28(29)27-15-8-3-9-16-27/h1-9,11-20,23H,10,21-22H2. The summed E-state index contributed by atoms with van der Waals surface area (Å²) in [5, 5.41) is 0. The van der Waals surface area contributed by atoms with Gasteiger partial charge in [-0.2, -0.15) is 0 Å². The van der Waals surface area contributed by atoms with Crippen LogP contribution in [0.25, 0.3) is 5.57 Å². The Labute approximate surface area is 179 Å². The maximum absolute atomic E-state index is 2.51. The minimum Gasteiger partial charge on any atom is -0.0757 e. The molecule has 5 rings (SSSR count). The molecule has 146 valence electrons. The Morgan fingerprint density at radius 3 is 2.00 bits per heavy atom. The van der Waals surface area contributed by atoms with Crippen molar-refractivity contribution in [2.45, 2.75) is 19.3 Å². The van der Waals surface area contributed by atoms with Crippen molar-refractivity contribution in [1.29, 1.82) is 0 Å². The molecule has 0 saturated heterocycles. The van der Waals surface area contributed by atoms with Gasteiger partial charge >= 0.3 is 0 Å². The van der Waals surface area contributed by atoms with Crippen molar-refractivity contribution in [2.24, 2.45) is 5.41 Å². The summed E-state index contributed by atoms with van der Waals surface area (Å²) in [6, 6.07) is 32.5. The van der Waals surface area contributed by atoms with E-state index in [1.165, 1.54) is 33.4 Å². The average molecular weight is 387 g/mol. The second-order valence-corrected chi connectivity index (χ2v) is 8.26. The fourth-order valence-corrected chi connectivity index (χ4v) is 4.78. The average Bonchev–Trinajstić information content (AvgIpc) is 3.44. The molecular formula is C30H26. The first-order chi connectivity index (χ1) is 14.8. The van der Waals surface area contributed by atoms with Gasteiger partial charge in [0.2, 0.25) is 0 Å². The first-order valence-corrected chi connectivity index (χ1v) is 10.8. The van der Waals surface area contributed by atoms with Gasteiger partial charge in [0.1, 0.15) is 0 Å². The molecule has 0 aliphatic heterocycles. The summed E-state index contributed by atoms with van der Waals surface area (Å²) >= 11 is 0. The molecule has 0 heterocycles. The molecule has 2 aliphatic rings. The van der Waals surface area contributed by atoms with Crippen LogP contribution in [0.4, 0.5) is 0 Å². The SMILES string of the molecule is C1=CC(Cc2ccccc2)(C2=CCC=C2c2ccccc2)C=C1Cc1ccccc1. The van der Waals surface area contributed by atoms with Crippen LogP contribution in [0.5, 0.6) is 0 Å². The van der Waals surface area contributed by atoms with Gasteiger partial charge in [0, 0.05) is 5.41 Å². The van der Waals surface area contributed by atoms with E-state index in [0.717, 1.165) is 19.3 Å². The third kappa shape index (κ3) is 3.74. The van der Waals surface area contributed by atoms with E-state index in [4.69, 9.17) is 0 Å². The van der Waals surface area contributed by atoms with E-state index >= 15 is 0 Å². The Kier molecular flexibility index (Phi) is 5.07. The molecule has 0 spiro atoms. The van der Waals surface area contributed by atoms with Gasteiger partial charge in [0.25, 0.3) is 0 Å². The summed E-state index contributed by atoms with van der Waals surface area (Å²) in [5.41, 5.74) is 8.18. The highest BCUT2D eigenvalue weighted by molar-refractivity contribution is 5.84. The van der Waals surface area contributed by atoms with Crippen LogP contribution in [0.1, 0.15) is 23.1 Å². The van der Waals surface area contributed by atoms with Crippen LogP contribution < -0.4 is 0 Å². The molecule has 3 aromatic rings. The number of hydrogen-bond donors (Lipinski definition) is 0. The zero-order valence-electron chi connectivity index (χ0n) is 17.2. The largest absolute Gasteiger partial charge is 0.0757 e. The lowest BCUT2D eigenvalue weighted by Crippen LogP contribution is -2.20. The second-order valence-electron chi connectivity index (χ2n) is 8.26. The minimum atomic E-state index is -0.0936. The fourth-order valence-electron chi connectivity index (χ4n) is 4.78. The molecule has 0 aromatic heterocycles. The van der Waals surface area contributed by atoms with Gasteiger partial charge in [-0.15, -0.1) is 0 Å². The zero-order chi connectivity index (χ0) is 20.2. The van der Waals surface area contributed by atoms with E-state index in [2.05, 4.69) is 121 Å². The molecule has 0 saturated carbocycles. The Balaban J connectivity index is 1.53. The Morgan fingerprint density at radius 2 is 1.30 bits per heavy atom. The summed E-state index contributed by atoms with van der Waals surface area (Å²) in [6.45, 7) is 0. The molecule has 2 aliphatic carbocycles. The third-order valence-corrected chi connectivity index (χ3v) is 6.15. The number of allylic oxidation sites excluding steroid dienone is 8. The summed E-state index contributed by atoms with van der Waals surface area (Å²) in [7, 11) is 0. The summed E-state index contributed by atoms with van der Waals surface area (Å²) in [6.07, 6.45) is 15.1. The molecule has 0 amide bonds. The lowest BCUT2D eigenvalue weighted by molar-refractivity contribution is 0.607. The molecule has 0 N–H and O–H groups in total. The van der Waals surface area contributed by atoms with Crippen LogP contribution in [-0.2, 0) is 12.8 Å². The molecule has 3 aromatic carbocycles. The normalized spacial score (nSPS) is 20.1. The first kappa shape index (κ1) is 18.6. The van der Waals surface area contributed by atoms with Crippen LogP contribution in [0, 0.1) is 5.41 Å². The van der Waals surface area contributed by atoms with Crippen molar-refractivity contribution in [2.75, 3.05) is 0 Å². The van der Waals surface area contributed by atoms with Gasteiger partial charge in [-0.25, -0.2) is 0 Å². The Morgan fingerprint density at radius 1 is 0.667 bits per heavy atom. The molecular weight excluding hydrogens is 360 g/mol. The Bertz CT molecular complexity index is 1130. The maximum atomic E-state index is 2.51. The van der Waals surface area contributed by atoms with Crippen molar-refractivity contribution in [3.05, 3.63) is 149 Å². The summed E-state index contributed by atoms with van der Waals surface area (Å²) in [4.78, 5) is 0. The molecule has 1 atom stereocenters. The van der Waals surface area contributed by atoms with E-state index in [1.54, 1.807) is 0 Å². The molecule has 30 heavy (non-hydrogen) atoms. The maximum Gasteiger partial charge on any atom is 0.0364 e. The van der Waals surface area contributed by atoms with Gasteiger partial charge in [-0.3, -0.25) is 0 Å². The quantitative estimate of drug-likeness (QED) is 0.415. The summed E-state index contributed by atoms with van der Waals surface area (Å²) in [5.74, 6) is 0. The van der Waals surface area contributed by atoms with E-state index in [0.29, 0.717) is 0 Å². The minimum absolute atomic E-state index is 0.0936. The highest BCUT2D eigenvalue weighted by Crippen LogP contribution is 2.48. The van der Waals surface area contributed by atoms with E-state index < -0.39 is 0 Å². The smallest absolute Gasteiger partial charge is 0.0364 e. The van der Waals surface area contributed by atoms with Crippen LogP contribution >= 0.6 is 0 Å². The van der Waals surface area contributed by atoms with Crippen molar-refractivity contribution >= 4 is 5.57 Å². The van der Waals surface area contributed by atoms with Crippen molar-refractivity contribution in [3.63, 3.8) is 0 Å². The summed E-state index contributed by atoms with van der Waals surface area (Å²) < 4.78 is 0. The molecule has 0 fully saturated rings. The predicted octanol–water partition coefficient (Wildman–Crippen LogP) is 7.37.